The Morgan fingerprint density at radius 1 is 1.11 bits per heavy atom. The van der Waals surface area contributed by atoms with Gasteiger partial charge in [0.25, 0.3) is 0 Å². The van der Waals surface area contributed by atoms with Crippen LogP contribution in [0.5, 0.6) is 5.75 Å². The number of ether oxygens (including phenoxy) is 1. The number of benzene rings is 2. The molecule has 1 unspecified atom stereocenters. The topological polar surface area (TPSA) is 83.8 Å². The SMILES string of the molecule is CCOc1ccc(NC(=O)N2CCCC(CNc3cc(-c4ccccc4C)nc4c(C)cnn34)C2)cc1. The number of carbonyl (C=O) groups excluding carboxylic acids is 1. The predicted molar refractivity (Wildman–Crippen MR) is 147 cm³/mol. The van der Waals surface area contributed by atoms with Gasteiger partial charge in [0.15, 0.2) is 5.65 Å². The molecule has 37 heavy (non-hydrogen) atoms. The fourth-order valence-electron chi connectivity index (χ4n) is 4.87. The van der Waals surface area contributed by atoms with Crippen molar-refractivity contribution in [3.05, 3.63) is 71.9 Å². The van der Waals surface area contributed by atoms with Crippen LogP contribution in [0.4, 0.5) is 16.3 Å². The summed E-state index contributed by atoms with van der Waals surface area (Å²) in [7, 11) is 0. The second-order valence-electron chi connectivity index (χ2n) is 9.63. The summed E-state index contributed by atoms with van der Waals surface area (Å²) in [5.41, 5.74) is 5.88. The van der Waals surface area contributed by atoms with Crippen molar-refractivity contribution >= 4 is 23.2 Å². The van der Waals surface area contributed by atoms with Crippen LogP contribution < -0.4 is 15.4 Å². The lowest BCUT2D eigenvalue weighted by Crippen LogP contribution is -2.44. The van der Waals surface area contributed by atoms with E-state index in [1.165, 1.54) is 5.56 Å². The normalized spacial score (nSPS) is 15.5. The average molecular weight is 499 g/mol. The largest absolute Gasteiger partial charge is 0.494 e. The Morgan fingerprint density at radius 2 is 1.92 bits per heavy atom. The average Bonchev–Trinajstić information content (AvgIpc) is 3.29. The number of urea groups is 1. The van der Waals surface area contributed by atoms with Crippen molar-refractivity contribution in [1.29, 1.82) is 0 Å². The van der Waals surface area contributed by atoms with Crippen molar-refractivity contribution < 1.29 is 9.53 Å². The maximum absolute atomic E-state index is 12.9. The van der Waals surface area contributed by atoms with E-state index in [0.717, 1.165) is 65.7 Å². The fourth-order valence-corrected chi connectivity index (χ4v) is 4.87. The maximum Gasteiger partial charge on any atom is 0.321 e. The summed E-state index contributed by atoms with van der Waals surface area (Å²) in [4.78, 5) is 19.8. The van der Waals surface area contributed by atoms with Gasteiger partial charge in [-0.3, -0.25) is 0 Å². The predicted octanol–water partition coefficient (Wildman–Crippen LogP) is 5.77. The number of rotatable bonds is 7. The molecule has 1 aliphatic heterocycles. The molecule has 0 aliphatic carbocycles. The number of nitrogens with one attached hydrogen (secondary N) is 2. The third kappa shape index (κ3) is 5.53. The van der Waals surface area contributed by atoms with Crippen LogP contribution in [0.2, 0.25) is 0 Å². The summed E-state index contributed by atoms with van der Waals surface area (Å²) in [6.45, 7) is 8.91. The van der Waals surface area contributed by atoms with Crippen molar-refractivity contribution in [2.75, 3.05) is 36.9 Å². The minimum Gasteiger partial charge on any atom is -0.494 e. The number of anilines is 2. The highest BCUT2D eigenvalue weighted by Gasteiger charge is 2.24. The number of piperidine rings is 1. The van der Waals surface area contributed by atoms with Crippen LogP contribution in [-0.4, -0.2) is 51.8 Å². The fraction of sp³-hybridized carbons (Fsp3) is 0.345. The first-order valence-corrected chi connectivity index (χ1v) is 13.0. The number of fused-ring (bicyclic) bond motifs is 1. The van der Waals surface area contributed by atoms with Crippen LogP contribution in [0, 0.1) is 19.8 Å². The molecule has 0 saturated carbocycles. The van der Waals surface area contributed by atoms with Gasteiger partial charge in [-0.15, -0.1) is 0 Å². The number of amides is 2. The summed E-state index contributed by atoms with van der Waals surface area (Å²) in [6.07, 6.45) is 3.89. The zero-order valence-electron chi connectivity index (χ0n) is 21.7. The summed E-state index contributed by atoms with van der Waals surface area (Å²) in [5.74, 6) is 2.04. The van der Waals surface area contributed by atoms with Gasteiger partial charge in [-0.1, -0.05) is 24.3 Å². The van der Waals surface area contributed by atoms with E-state index >= 15 is 0 Å². The Kier molecular flexibility index (Phi) is 7.25. The molecule has 0 bridgehead atoms. The number of aromatic nitrogens is 3. The monoisotopic (exact) mass is 498 g/mol. The highest BCUT2D eigenvalue weighted by Crippen LogP contribution is 2.27. The van der Waals surface area contributed by atoms with Gasteiger partial charge in [-0.25, -0.2) is 9.78 Å². The molecular formula is C29H34N6O2. The van der Waals surface area contributed by atoms with Crippen molar-refractivity contribution in [3.63, 3.8) is 0 Å². The molecule has 4 aromatic rings. The molecule has 5 rings (SSSR count). The van der Waals surface area contributed by atoms with E-state index in [2.05, 4.69) is 40.9 Å². The summed E-state index contributed by atoms with van der Waals surface area (Å²) >= 11 is 0. The minimum atomic E-state index is -0.0651. The van der Waals surface area contributed by atoms with Crippen molar-refractivity contribution in [1.82, 2.24) is 19.5 Å². The number of hydrogen-bond donors (Lipinski definition) is 2. The molecule has 2 amide bonds. The lowest BCUT2D eigenvalue weighted by Gasteiger charge is -2.33. The third-order valence-electron chi connectivity index (χ3n) is 6.86. The van der Waals surface area contributed by atoms with Gasteiger partial charge < -0.3 is 20.3 Å². The number of hydrogen-bond acceptors (Lipinski definition) is 5. The zero-order chi connectivity index (χ0) is 25.8. The van der Waals surface area contributed by atoms with Crippen molar-refractivity contribution in [3.8, 4) is 17.0 Å². The van der Waals surface area contributed by atoms with Crippen LogP contribution in [-0.2, 0) is 0 Å². The Hall–Kier alpha value is -4.07. The quantitative estimate of drug-likeness (QED) is 0.338. The van der Waals surface area contributed by atoms with Gasteiger partial charge in [0.2, 0.25) is 0 Å². The lowest BCUT2D eigenvalue weighted by atomic mass is 9.98. The molecule has 1 fully saturated rings. The Labute approximate surface area is 217 Å². The van der Waals surface area contributed by atoms with E-state index in [-0.39, 0.29) is 6.03 Å². The molecule has 2 aromatic heterocycles. The van der Waals surface area contributed by atoms with Gasteiger partial charge in [0.05, 0.1) is 18.5 Å². The van der Waals surface area contributed by atoms with Crippen molar-refractivity contribution in [2.24, 2.45) is 5.92 Å². The van der Waals surface area contributed by atoms with Crippen LogP contribution in [0.25, 0.3) is 16.9 Å². The smallest absolute Gasteiger partial charge is 0.321 e. The van der Waals surface area contributed by atoms with Gasteiger partial charge in [-0.2, -0.15) is 9.61 Å². The van der Waals surface area contributed by atoms with Crippen LogP contribution >= 0.6 is 0 Å². The standard InChI is InChI=1S/C29H34N6O2/c1-4-37-24-13-11-23(12-14-24)32-29(36)34-15-7-9-22(19-34)18-30-27-16-26(25-10-6-5-8-20(25)2)33-28-21(3)17-31-35(27)28/h5-6,8,10-14,16-17,22,30H,4,7,9,15,18-19H2,1-3H3,(H,32,36). The molecule has 8 nitrogen and oxygen atoms in total. The Morgan fingerprint density at radius 3 is 2.70 bits per heavy atom. The molecule has 2 aromatic carbocycles. The number of carbonyl (C=O) groups is 1. The Balaban J connectivity index is 1.26. The van der Waals surface area contributed by atoms with Crippen LogP contribution in [0.1, 0.15) is 30.9 Å². The highest BCUT2D eigenvalue weighted by atomic mass is 16.5. The Bertz CT molecular complexity index is 1380. The van der Waals surface area contributed by atoms with E-state index in [1.54, 1.807) is 0 Å². The van der Waals surface area contributed by atoms with Crippen LogP contribution in [0.3, 0.4) is 0 Å². The second-order valence-corrected chi connectivity index (χ2v) is 9.63. The number of aryl methyl sites for hydroxylation is 2. The van der Waals surface area contributed by atoms with E-state index < -0.39 is 0 Å². The molecule has 3 heterocycles. The van der Waals surface area contributed by atoms with Gasteiger partial charge >= 0.3 is 6.03 Å². The number of nitrogens with zero attached hydrogens (tertiary/aromatic N) is 4. The molecule has 8 heteroatoms. The van der Waals surface area contributed by atoms with Crippen molar-refractivity contribution in [2.45, 2.75) is 33.6 Å². The molecule has 1 saturated heterocycles. The van der Waals surface area contributed by atoms with E-state index in [4.69, 9.17) is 9.72 Å². The second kappa shape index (κ2) is 10.9. The summed E-state index contributed by atoms with van der Waals surface area (Å²) in [6, 6.07) is 17.8. The minimum absolute atomic E-state index is 0.0651. The maximum atomic E-state index is 12.9. The molecule has 1 aliphatic rings. The molecule has 192 valence electrons. The molecular weight excluding hydrogens is 464 g/mol. The van der Waals surface area contributed by atoms with Gasteiger partial charge in [0.1, 0.15) is 11.6 Å². The molecule has 0 spiro atoms. The van der Waals surface area contributed by atoms with Crippen LogP contribution in [0.15, 0.2) is 60.8 Å². The molecule has 2 N–H and O–H groups in total. The van der Waals surface area contributed by atoms with E-state index in [0.29, 0.717) is 19.1 Å². The van der Waals surface area contributed by atoms with Gasteiger partial charge in [-0.05, 0) is 69.4 Å². The molecule has 1 atom stereocenters. The first kappa shape index (κ1) is 24.6. The molecule has 0 radical (unpaired) electrons. The zero-order valence-corrected chi connectivity index (χ0v) is 21.7. The van der Waals surface area contributed by atoms with Gasteiger partial charge in [0, 0.05) is 42.5 Å². The first-order chi connectivity index (χ1) is 18.0. The first-order valence-electron chi connectivity index (χ1n) is 13.0. The van der Waals surface area contributed by atoms with E-state index in [1.807, 2.05) is 65.9 Å². The summed E-state index contributed by atoms with van der Waals surface area (Å²) < 4.78 is 7.36. The lowest BCUT2D eigenvalue weighted by molar-refractivity contribution is 0.180. The summed E-state index contributed by atoms with van der Waals surface area (Å²) in [5, 5.41) is 11.2. The number of likely N-dealkylation sites (tertiary alicyclic amines) is 1. The highest BCUT2D eigenvalue weighted by molar-refractivity contribution is 5.89. The van der Waals surface area contributed by atoms with E-state index in [9.17, 15) is 4.79 Å². The third-order valence-corrected chi connectivity index (χ3v) is 6.86.